The molecule has 1 saturated carbocycles. The number of Topliss-reactive ketones (excluding diaryl/α,β-unsaturated/α-hetero) is 1. The van der Waals surface area contributed by atoms with Gasteiger partial charge in [0.15, 0.2) is 5.78 Å². The van der Waals surface area contributed by atoms with Gasteiger partial charge in [0, 0.05) is 55.1 Å². The van der Waals surface area contributed by atoms with Gasteiger partial charge in [0.05, 0.1) is 19.3 Å². The standard InChI is InChI=1S/C26H31N5O3/c1-2-23(32)22-9-11-28-26(30-22)29-19-5-7-21(8-6-19)34-24-17-20(31-12-14-33-15-13-31)16-18-4-3-10-27-25(18)24/h3-4,9-11,16-17,19,21H,2,5-8,12-15H2,1H3,(H,28,29,30). The van der Waals surface area contributed by atoms with Crippen LogP contribution in [-0.2, 0) is 4.74 Å². The largest absolute Gasteiger partial charge is 0.488 e. The molecule has 0 atom stereocenters. The van der Waals surface area contributed by atoms with Gasteiger partial charge >= 0.3 is 0 Å². The fraction of sp³-hybridized carbons (Fsp3) is 0.462. The van der Waals surface area contributed by atoms with Gasteiger partial charge in [0.2, 0.25) is 5.95 Å². The van der Waals surface area contributed by atoms with Crippen LogP contribution in [0.4, 0.5) is 11.6 Å². The van der Waals surface area contributed by atoms with Crippen molar-refractivity contribution >= 4 is 28.3 Å². The van der Waals surface area contributed by atoms with E-state index in [9.17, 15) is 4.79 Å². The maximum absolute atomic E-state index is 11.9. The van der Waals surface area contributed by atoms with Crippen LogP contribution in [0.15, 0.2) is 42.7 Å². The predicted molar refractivity (Wildman–Crippen MR) is 132 cm³/mol. The molecule has 8 nitrogen and oxygen atoms in total. The number of anilines is 2. The normalized spacial score (nSPS) is 20.8. The second-order valence-corrected chi connectivity index (χ2v) is 8.90. The molecule has 2 aliphatic rings. The monoisotopic (exact) mass is 461 g/mol. The van der Waals surface area contributed by atoms with Crippen molar-refractivity contribution in [3.8, 4) is 5.75 Å². The van der Waals surface area contributed by atoms with E-state index in [0.29, 0.717) is 18.1 Å². The van der Waals surface area contributed by atoms with Crippen LogP contribution in [0.2, 0.25) is 0 Å². The van der Waals surface area contributed by atoms with E-state index in [0.717, 1.165) is 74.3 Å². The van der Waals surface area contributed by atoms with E-state index >= 15 is 0 Å². The van der Waals surface area contributed by atoms with Crippen molar-refractivity contribution in [2.75, 3.05) is 36.5 Å². The van der Waals surface area contributed by atoms with E-state index in [1.54, 1.807) is 12.3 Å². The Balaban J connectivity index is 1.25. The zero-order valence-electron chi connectivity index (χ0n) is 19.6. The van der Waals surface area contributed by atoms with Crippen LogP contribution >= 0.6 is 0 Å². The van der Waals surface area contributed by atoms with E-state index in [-0.39, 0.29) is 17.9 Å². The predicted octanol–water partition coefficient (Wildman–Crippen LogP) is 4.26. The number of aromatic nitrogens is 3. The number of hydrogen-bond donors (Lipinski definition) is 1. The topological polar surface area (TPSA) is 89.5 Å². The van der Waals surface area contributed by atoms with Crippen LogP contribution in [0.5, 0.6) is 5.75 Å². The van der Waals surface area contributed by atoms with Gasteiger partial charge in [-0.05, 0) is 43.9 Å². The summed E-state index contributed by atoms with van der Waals surface area (Å²) in [4.78, 5) is 27.6. The van der Waals surface area contributed by atoms with Crippen LogP contribution in [0.3, 0.4) is 0 Å². The van der Waals surface area contributed by atoms with Crippen molar-refractivity contribution in [1.82, 2.24) is 15.0 Å². The van der Waals surface area contributed by atoms with Crippen molar-refractivity contribution in [1.29, 1.82) is 0 Å². The molecule has 0 radical (unpaired) electrons. The van der Waals surface area contributed by atoms with Crippen LogP contribution in [0.1, 0.15) is 49.5 Å². The van der Waals surface area contributed by atoms with Crippen molar-refractivity contribution in [2.24, 2.45) is 0 Å². The maximum atomic E-state index is 11.9. The third-order valence-electron chi connectivity index (χ3n) is 6.59. The summed E-state index contributed by atoms with van der Waals surface area (Å²) in [5.74, 6) is 1.41. The summed E-state index contributed by atoms with van der Waals surface area (Å²) in [5.41, 5.74) is 2.54. The molecular formula is C26H31N5O3. The molecule has 1 aliphatic heterocycles. The Morgan fingerprint density at radius 1 is 1.12 bits per heavy atom. The summed E-state index contributed by atoms with van der Waals surface area (Å²) >= 11 is 0. The molecule has 0 spiro atoms. The summed E-state index contributed by atoms with van der Waals surface area (Å²) < 4.78 is 12.1. The number of carbonyl (C=O) groups excluding carboxylic acids is 1. The van der Waals surface area contributed by atoms with Crippen molar-refractivity contribution in [3.05, 3.63) is 48.4 Å². The lowest BCUT2D eigenvalue weighted by molar-refractivity contribution is 0.0983. The van der Waals surface area contributed by atoms with Crippen molar-refractivity contribution in [2.45, 2.75) is 51.2 Å². The molecule has 1 aliphatic carbocycles. The molecule has 0 amide bonds. The van der Waals surface area contributed by atoms with Gasteiger partial charge in [-0.15, -0.1) is 0 Å². The van der Waals surface area contributed by atoms with E-state index < -0.39 is 0 Å². The molecule has 1 aromatic carbocycles. The minimum atomic E-state index is 0.0303. The number of morpholine rings is 1. The summed E-state index contributed by atoms with van der Waals surface area (Å²) in [6.45, 7) is 5.10. The lowest BCUT2D eigenvalue weighted by Gasteiger charge is -2.31. The average molecular weight is 462 g/mol. The quantitative estimate of drug-likeness (QED) is 0.522. The number of carbonyl (C=O) groups is 1. The molecule has 178 valence electrons. The Morgan fingerprint density at radius 2 is 1.94 bits per heavy atom. The van der Waals surface area contributed by atoms with Gasteiger partial charge in [-0.3, -0.25) is 9.78 Å². The molecule has 8 heteroatoms. The molecule has 1 saturated heterocycles. The summed E-state index contributed by atoms with van der Waals surface area (Å²) in [7, 11) is 0. The molecule has 34 heavy (non-hydrogen) atoms. The Kier molecular flexibility index (Phi) is 6.85. The first kappa shape index (κ1) is 22.5. The highest BCUT2D eigenvalue weighted by atomic mass is 16.5. The highest BCUT2D eigenvalue weighted by Gasteiger charge is 2.24. The molecule has 2 aromatic heterocycles. The maximum Gasteiger partial charge on any atom is 0.223 e. The Hall–Kier alpha value is -3.26. The van der Waals surface area contributed by atoms with Crippen LogP contribution in [-0.4, -0.2) is 59.2 Å². The molecular weight excluding hydrogens is 430 g/mol. The Bertz CT molecular complexity index is 1140. The molecule has 0 bridgehead atoms. The third kappa shape index (κ3) is 5.12. The number of ether oxygens (including phenoxy) is 2. The number of nitrogens with one attached hydrogen (secondary N) is 1. The van der Waals surface area contributed by atoms with Gasteiger partial charge in [-0.25, -0.2) is 9.97 Å². The first-order valence-electron chi connectivity index (χ1n) is 12.2. The van der Waals surface area contributed by atoms with Gasteiger partial charge in [-0.2, -0.15) is 0 Å². The minimum absolute atomic E-state index is 0.0303. The number of fused-ring (bicyclic) bond motifs is 1. The molecule has 3 aromatic rings. The Labute approximate surface area is 199 Å². The van der Waals surface area contributed by atoms with Gasteiger partial charge in [-0.1, -0.05) is 13.0 Å². The number of pyridine rings is 1. The number of benzene rings is 1. The van der Waals surface area contributed by atoms with E-state index in [1.807, 2.05) is 19.2 Å². The number of nitrogens with zero attached hydrogens (tertiary/aromatic N) is 4. The van der Waals surface area contributed by atoms with Gasteiger partial charge < -0.3 is 19.7 Å². The van der Waals surface area contributed by atoms with Gasteiger partial charge in [0.25, 0.3) is 0 Å². The fourth-order valence-corrected chi connectivity index (χ4v) is 4.69. The van der Waals surface area contributed by atoms with Crippen molar-refractivity contribution in [3.63, 3.8) is 0 Å². The lowest BCUT2D eigenvalue weighted by atomic mass is 9.93. The second-order valence-electron chi connectivity index (χ2n) is 8.90. The smallest absolute Gasteiger partial charge is 0.223 e. The van der Waals surface area contributed by atoms with Gasteiger partial charge in [0.1, 0.15) is 17.0 Å². The molecule has 2 fully saturated rings. The summed E-state index contributed by atoms with van der Waals surface area (Å²) in [6.07, 6.45) is 7.81. The van der Waals surface area contributed by atoms with Crippen LogP contribution in [0.25, 0.3) is 10.9 Å². The van der Waals surface area contributed by atoms with E-state index in [2.05, 4.69) is 43.4 Å². The number of ketones is 1. The number of rotatable bonds is 7. The van der Waals surface area contributed by atoms with E-state index in [4.69, 9.17) is 9.47 Å². The Morgan fingerprint density at radius 3 is 2.74 bits per heavy atom. The average Bonchev–Trinajstić information content (AvgIpc) is 2.90. The van der Waals surface area contributed by atoms with Crippen LogP contribution < -0.4 is 15.0 Å². The SMILES string of the molecule is CCC(=O)c1ccnc(NC2CCC(Oc3cc(N4CCOCC4)cc4cccnc34)CC2)n1. The van der Waals surface area contributed by atoms with Crippen LogP contribution in [0, 0.1) is 0 Å². The third-order valence-corrected chi connectivity index (χ3v) is 6.59. The molecule has 1 N–H and O–H groups in total. The van der Waals surface area contributed by atoms with Crippen molar-refractivity contribution < 1.29 is 14.3 Å². The number of hydrogen-bond acceptors (Lipinski definition) is 8. The molecule has 5 rings (SSSR count). The zero-order chi connectivity index (χ0) is 23.3. The summed E-state index contributed by atoms with van der Waals surface area (Å²) in [5, 5.41) is 4.50. The highest BCUT2D eigenvalue weighted by Crippen LogP contribution is 2.34. The minimum Gasteiger partial charge on any atom is -0.488 e. The fourth-order valence-electron chi connectivity index (χ4n) is 4.69. The lowest BCUT2D eigenvalue weighted by Crippen LogP contribution is -2.36. The highest BCUT2D eigenvalue weighted by molar-refractivity contribution is 5.94. The zero-order valence-corrected chi connectivity index (χ0v) is 19.6. The second kappa shape index (κ2) is 10.3. The summed E-state index contributed by atoms with van der Waals surface area (Å²) in [6, 6.07) is 10.3. The van der Waals surface area contributed by atoms with E-state index in [1.165, 1.54) is 0 Å². The molecule has 3 heterocycles. The molecule has 0 unspecified atom stereocenters. The first-order chi connectivity index (χ1) is 16.7. The first-order valence-corrected chi connectivity index (χ1v) is 12.2.